The van der Waals surface area contributed by atoms with E-state index >= 15 is 0 Å². The van der Waals surface area contributed by atoms with E-state index in [1.54, 1.807) is 18.2 Å². The van der Waals surface area contributed by atoms with Gasteiger partial charge in [-0.25, -0.2) is 4.98 Å². The van der Waals surface area contributed by atoms with Gasteiger partial charge in [0.1, 0.15) is 5.82 Å². The van der Waals surface area contributed by atoms with Crippen molar-refractivity contribution < 1.29 is 9.21 Å². The lowest BCUT2D eigenvalue weighted by Gasteiger charge is -2.04. The molecule has 0 saturated carbocycles. The van der Waals surface area contributed by atoms with Crippen LogP contribution in [-0.2, 0) is 6.42 Å². The van der Waals surface area contributed by atoms with Crippen LogP contribution >= 0.6 is 12.2 Å². The van der Waals surface area contributed by atoms with Gasteiger partial charge >= 0.3 is 0 Å². The Morgan fingerprint density at radius 1 is 1.45 bits per heavy atom. The fourth-order valence-electron chi connectivity index (χ4n) is 2.14. The fraction of sp³-hybridized carbons (Fsp3) is 0.286. The summed E-state index contributed by atoms with van der Waals surface area (Å²) in [6.07, 6.45) is 1.49. The molecule has 0 spiro atoms. The molecule has 3 N–H and O–H groups in total. The smallest absolute Gasteiger partial charge is 0.266 e. The number of nitrogens with one attached hydrogen (secondary N) is 3. The molecule has 2 aromatic heterocycles. The van der Waals surface area contributed by atoms with Crippen LogP contribution in [0.2, 0.25) is 0 Å². The van der Waals surface area contributed by atoms with E-state index in [0.717, 1.165) is 30.0 Å². The summed E-state index contributed by atoms with van der Waals surface area (Å²) < 4.78 is 5.30. The van der Waals surface area contributed by atoms with Crippen molar-refractivity contribution in [3.8, 4) is 0 Å². The predicted molar refractivity (Wildman–Crippen MR) is 83.2 cm³/mol. The van der Waals surface area contributed by atoms with Gasteiger partial charge in [0.05, 0.1) is 5.52 Å². The van der Waals surface area contributed by atoms with Crippen LogP contribution in [0, 0.1) is 11.8 Å². The number of hydrogen-bond donors (Lipinski definition) is 3. The van der Waals surface area contributed by atoms with Crippen molar-refractivity contribution in [1.82, 2.24) is 25.5 Å². The van der Waals surface area contributed by atoms with Gasteiger partial charge in [-0.3, -0.25) is 9.89 Å². The zero-order chi connectivity index (χ0) is 15.5. The van der Waals surface area contributed by atoms with Crippen LogP contribution in [0.4, 0.5) is 0 Å². The quantitative estimate of drug-likeness (QED) is 0.495. The number of H-pyrrole nitrogens is 2. The maximum atomic E-state index is 12.1. The minimum absolute atomic E-state index is 0.143. The number of hydrogen-bond acceptors (Lipinski definition) is 5. The van der Waals surface area contributed by atoms with Gasteiger partial charge in [0.2, 0.25) is 0 Å². The highest BCUT2D eigenvalue weighted by Crippen LogP contribution is 2.15. The molecule has 8 heteroatoms. The number of aromatic amines is 2. The van der Waals surface area contributed by atoms with E-state index in [4.69, 9.17) is 16.6 Å². The third kappa shape index (κ3) is 3.22. The molecule has 0 unspecified atom stereocenters. The van der Waals surface area contributed by atoms with Crippen LogP contribution in [0.25, 0.3) is 11.1 Å². The normalized spacial score (nSPS) is 11.0. The highest BCUT2D eigenvalue weighted by Gasteiger charge is 2.08. The van der Waals surface area contributed by atoms with E-state index in [1.165, 1.54) is 0 Å². The Bertz CT molecular complexity index is 863. The van der Waals surface area contributed by atoms with Gasteiger partial charge in [-0.15, -0.1) is 0 Å². The zero-order valence-corrected chi connectivity index (χ0v) is 12.8. The molecule has 114 valence electrons. The Balaban J connectivity index is 1.55. The summed E-state index contributed by atoms with van der Waals surface area (Å²) >= 11 is 4.92. The molecule has 7 nitrogen and oxygen atoms in total. The molecule has 0 atom stereocenters. The van der Waals surface area contributed by atoms with Crippen LogP contribution in [0.15, 0.2) is 22.6 Å². The molecular weight excluding hydrogens is 302 g/mol. The molecule has 0 bridgehead atoms. The average Bonchev–Trinajstić information content (AvgIpc) is 3.07. The second kappa shape index (κ2) is 6.10. The molecule has 3 rings (SSSR count). The summed E-state index contributed by atoms with van der Waals surface area (Å²) in [5, 5.41) is 9.71. The Labute approximate surface area is 131 Å². The van der Waals surface area contributed by atoms with Crippen LogP contribution in [-0.4, -0.2) is 32.6 Å². The summed E-state index contributed by atoms with van der Waals surface area (Å²) in [5.41, 5.74) is 1.90. The number of carbonyl (C=O) groups is 1. The molecule has 0 saturated heterocycles. The molecule has 1 aromatic carbocycles. The minimum atomic E-state index is -0.143. The van der Waals surface area contributed by atoms with Gasteiger partial charge in [0.15, 0.2) is 11.4 Å². The summed E-state index contributed by atoms with van der Waals surface area (Å²) in [4.78, 5) is 19.5. The van der Waals surface area contributed by atoms with Gasteiger partial charge in [0.25, 0.3) is 10.7 Å². The van der Waals surface area contributed by atoms with Crippen LogP contribution in [0.1, 0.15) is 28.4 Å². The molecule has 1 amide bonds. The van der Waals surface area contributed by atoms with Crippen LogP contribution < -0.4 is 5.32 Å². The Morgan fingerprint density at radius 3 is 3.09 bits per heavy atom. The lowest BCUT2D eigenvalue weighted by Crippen LogP contribution is -2.24. The highest BCUT2D eigenvalue weighted by molar-refractivity contribution is 7.71. The van der Waals surface area contributed by atoms with E-state index < -0.39 is 0 Å². The Hall–Kier alpha value is -2.48. The summed E-state index contributed by atoms with van der Waals surface area (Å²) in [5.74, 6) is 1.41. The van der Waals surface area contributed by atoms with Crippen LogP contribution in [0.3, 0.4) is 0 Å². The second-order valence-electron chi connectivity index (χ2n) is 4.92. The van der Waals surface area contributed by atoms with Crippen molar-refractivity contribution in [3.63, 3.8) is 0 Å². The average molecular weight is 317 g/mol. The molecule has 0 aliphatic heterocycles. The fourth-order valence-corrected chi connectivity index (χ4v) is 2.34. The SMILES string of the molecule is Cc1nc(CCCNC(=O)c2ccc3[nH]c(=S)oc3c2)n[nH]1. The second-order valence-corrected chi connectivity index (χ2v) is 5.29. The highest BCUT2D eigenvalue weighted by atomic mass is 32.1. The first-order chi connectivity index (χ1) is 10.6. The number of benzene rings is 1. The molecular formula is C14H15N5O2S. The molecule has 0 radical (unpaired) electrons. The van der Waals surface area contributed by atoms with E-state index in [1.807, 2.05) is 6.92 Å². The predicted octanol–water partition coefficient (Wildman–Crippen LogP) is 2.28. The molecule has 2 heterocycles. The van der Waals surface area contributed by atoms with Crippen molar-refractivity contribution in [2.75, 3.05) is 6.54 Å². The summed E-state index contributed by atoms with van der Waals surface area (Å²) in [6.45, 7) is 2.41. The van der Waals surface area contributed by atoms with Crippen molar-refractivity contribution in [2.24, 2.45) is 0 Å². The number of oxazole rings is 1. The minimum Gasteiger partial charge on any atom is -0.429 e. The zero-order valence-electron chi connectivity index (χ0n) is 12.0. The number of nitrogens with zero attached hydrogens (tertiary/aromatic N) is 2. The first-order valence-electron chi connectivity index (χ1n) is 6.91. The van der Waals surface area contributed by atoms with Gasteiger partial charge in [-0.05, 0) is 43.8 Å². The van der Waals surface area contributed by atoms with Crippen molar-refractivity contribution in [2.45, 2.75) is 19.8 Å². The Kier molecular flexibility index (Phi) is 4.01. The number of carbonyl (C=O) groups excluding carboxylic acids is 1. The number of rotatable bonds is 5. The molecule has 22 heavy (non-hydrogen) atoms. The van der Waals surface area contributed by atoms with E-state index in [9.17, 15) is 4.79 Å². The van der Waals surface area contributed by atoms with Gasteiger partial charge in [-0.2, -0.15) is 5.10 Å². The monoisotopic (exact) mass is 317 g/mol. The maximum Gasteiger partial charge on any atom is 0.266 e. The van der Waals surface area contributed by atoms with Gasteiger partial charge < -0.3 is 14.7 Å². The third-order valence-electron chi connectivity index (χ3n) is 3.19. The number of aryl methyl sites for hydroxylation is 2. The Morgan fingerprint density at radius 2 is 2.32 bits per heavy atom. The van der Waals surface area contributed by atoms with E-state index in [-0.39, 0.29) is 5.91 Å². The van der Waals surface area contributed by atoms with Crippen molar-refractivity contribution in [3.05, 3.63) is 40.2 Å². The largest absolute Gasteiger partial charge is 0.429 e. The lowest BCUT2D eigenvalue weighted by atomic mass is 10.2. The van der Waals surface area contributed by atoms with Gasteiger partial charge in [0, 0.05) is 18.5 Å². The number of fused-ring (bicyclic) bond motifs is 1. The van der Waals surface area contributed by atoms with Gasteiger partial charge in [-0.1, -0.05) is 0 Å². The van der Waals surface area contributed by atoms with E-state index in [0.29, 0.717) is 22.5 Å². The first kappa shape index (κ1) is 14.5. The molecule has 0 aliphatic rings. The van der Waals surface area contributed by atoms with Crippen molar-refractivity contribution in [1.29, 1.82) is 0 Å². The lowest BCUT2D eigenvalue weighted by molar-refractivity contribution is 0.0953. The summed E-state index contributed by atoms with van der Waals surface area (Å²) in [7, 11) is 0. The molecule has 0 aliphatic carbocycles. The van der Waals surface area contributed by atoms with Crippen LogP contribution in [0.5, 0.6) is 0 Å². The number of aromatic nitrogens is 4. The standard InChI is InChI=1S/C14H15N5O2S/c1-8-16-12(19-18-8)3-2-6-15-13(20)9-4-5-10-11(7-9)21-14(22)17-10/h4-5,7H,2-3,6H2,1H3,(H,15,20)(H,17,22)(H,16,18,19). The topological polar surface area (TPSA) is 99.6 Å². The number of amides is 1. The molecule has 0 fully saturated rings. The molecule has 3 aromatic rings. The third-order valence-corrected chi connectivity index (χ3v) is 3.37. The van der Waals surface area contributed by atoms with E-state index in [2.05, 4.69) is 25.5 Å². The summed E-state index contributed by atoms with van der Waals surface area (Å²) in [6, 6.07) is 5.19. The van der Waals surface area contributed by atoms with Crippen molar-refractivity contribution >= 4 is 29.2 Å². The first-order valence-corrected chi connectivity index (χ1v) is 7.31. The maximum absolute atomic E-state index is 12.1.